The van der Waals surface area contributed by atoms with Crippen molar-refractivity contribution < 1.29 is 27.4 Å². The molecule has 1 aromatic heterocycles. The lowest BCUT2D eigenvalue weighted by molar-refractivity contribution is -0.154. The Kier molecular flexibility index (Phi) is 7.09. The van der Waals surface area contributed by atoms with E-state index < -0.39 is 12.8 Å². The Balaban J connectivity index is 1.60. The summed E-state index contributed by atoms with van der Waals surface area (Å²) in [6.07, 6.45) is -2.07. The van der Waals surface area contributed by atoms with Gasteiger partial charge in [0, 0.05) is 38.9 Å². The van der Waals surface area contributed by atoms with Crippen LogP contribution in [0, 0.1) is 0 Å². The minimum atomic E-state index is -4.39. The molecule has 1 aliphatic rings. The van der Waals surface area contributed by atoms with Gasteiger partial charge >= 0.3 is 6.18 Å². The van der Waals surface area contributed by atoms with Crippen LogP contribution < -0.4 is 19.5 Å². The normalized spacial score (nSPS) is 14.1. The molecule has 2 aromatic rings. The molecule has 0 aliphatic carbocycles. The zero-order valence-corrected chi connectivity index (χ0v) is 17.6. The summed E-state index contributed by atoms with van der Waals surface area (Å²) < 4.78 is 52.1. The van der Waals surface area contributed by atoms with Gasteiger partial charge in [-0.25, -0.2) is 4.98 Å². The van der Waals surface area contributed by atoms with E-state index in [9.17, 15) is 13.2 Å². The van der Waals surface area contributed by atoms with Crippen molar-refractivity contribution in [1.82, 2.24) is 15.2 Å². The Morgan fingerprint density at radius 1 is 1.16 bits per heavy atom. The predicted molar refractivity (Wildman–Crippen MR) is 110 cm³/mol. The first-order chi connectivity index (χ1) is 14.8. The molecule has 1 N–H and O–H groups in total. The number of alkyl halides is 3. The van der Waals surface area contributed by atoms with E-state index in [0.717, 1.165) is 30.1 Å². The number of hydrogen-bond donors (Lipinski definition) is 1. The fourth-order valence-electron chi connectivity index (χ4n) is 3.33. The van der Waals surface area contributed by atoms with E-state index >= 15 is 0 Å². The van der Waals surface area contributed by atoms with Crippen LogP contribution in [0.4, 0.5) is 13.2 Å². The van der Waals surface area contributed by atoms with Gasteiger partial charge in [0.25, 0.3) is 0 Å². The summed E-state index contributed by atoms with van der Waals surface area (Å²) in [6.45, 7) is 0.508. The van der Waals surface area contributed by atoms with Crippen LogP contribution in [0.1, 0.15) is 16.7 Å². The van der Waals surface area contributed by atoms with Gasteiger partial charge in [-0.05, 0) is 35.2 Å². The Bertz CT molecular complexity index is 917. The van der Waals surface area contributed by atoms with Crippen molar-refractivity contribution in [2.24, 2.45) is 4.99 Å². The lowest BCUT2D eigenvalue weighted by Gasteiger charge is -2.32. The fourth-order valence-corrected chi connectivity index (χ4v) is 3.33. The first-order valence-corrected chi connectivity index (χ1v) is 9.67. The van der Waals surface area contributed by atoms with Gasteiger partial charge in [-0.3, -0.25) is 4.99 Å². The molecule has 0 saturated carbocycles. The van der Waals surface area contributed by atoms with Crippen molar-refractivity contribution in [1.29, 1.82) is 0 Å². The fraction of sp³-hybridized carbons (Fsp3) is 0.429. The van der Waals surface area contributed by atoms with E-state index in [-0.39, 0.29) is 5.88 Å². The van der Waals surface area contributed by atoms with E-state index in [1.54, 1.807) is 27.3 Å². The summed E-state index contributed by atoms with van der Waals surface area (Å²) >= 11 is 0. The van der Waals surface area contributed by atoms with E-state index in [0.29, 0.717) is 24.6 Å². The monoisotopic (exact) mass is 438 g/mol. The summed E-state index contributed by atoms with van der Waals surface area (Å²) in [4.78, 5) is 10.4. The summed E-state index contributed by atoms with van der Waals surface area (Å²) in [5.74, 6) is 2.05. The smallest absolute Gasteiger partial charge is 0.422 e. The third-order valence-electron chi connectivity index (χ3n) is 4.86. The first kappa shape index (κ1) is 22.5. The molecule has 7 nitrogen and oxygen atoms in total. The second kappa shape index (κ2) is 9.76. The molecule has 0 fully saturated rings. The number of nitrogens with zero attached hydrogens (tertiary/aromatic N) is 3. The first-order valence-electron chi connectivity index (χ1n) is 9.67. The minimum absolute atomic E-state index is 0.0672. The van der Waals surface area contributed by atoms with Crippen LogP contribution in [0.2, 0.25) is 0 Å². The molecule has 10 heteroatoms. The van der Waals surface area contributed by atoms with Gasteiger partial charge in [0.1, 0.15) is 0 Å². The van der Waals surface area contributed by atoms with E-state index in [1.165, 1.54) is 17.8 Å². The molecule has 168 valence electrons. The minimum Gasteiger partial charge on any atom is -0.493 e. The van der Waals surface area contributed by atoms with Gasteiger partial charge < -0.3 is 24.4 Å². The number of guanidine groups is 1. The van der Waals surface area contributed by atoms with Crippen molar-refractivity contribution in [2.75, 3.05) is 34.4 Å². The van der Waals surface area contributed by atoms with Crippen molar-refractivity contribution in [3.05, 3.63) is 47.2 Å². The largest absolute Gasteiger partial charge is 0.493 e. The number of pyridine rings is 1. The van der Waals surface area contributed by atoms with E-state index in [1.807, 2.05) is 12.1 Å². The quantitative estimate of drug-likeness (QED) is 0.552. The number of nitrogens with one attached hydrogen (secondary N) is 1. The third-order valence-corrected chi connectivity index (χ3v) is 4.86. The highest BCUT2D eigenvalue weighted by molar-refractivity contribution is 5.80. The van der Waals surface area contributed by atoms with Crippen LogP contribution in [0.3, 0.4) is 0 Å². The molecule has 31 heavy (non-hydrogen) atoms. The molecule has 0 spiro atoms. The number of methoxy groups -OCH3 is 2. The van der Waals surface area contributed by atoms with Crippen molar-refractivity contribution in [3.8, 4) is 17.4 Å². The average molecular weight is 438 g/mol. The maximum absolute atomic E-state index is 12.2. The Labute approximate surface area is 178 Å². The predicted octanol–water partition coefficient (Wildman–Crippen LogP) is 3.17. The zero-order chi connectivity index (χ0) is 22.4. The van der Waals surface area contributed by atoms with Crippen molar-refractivity contribution >= 4 is 5.96 Å². The second-order valence-electron chi connectivity index (χ2n) is 6.96. The molecule has 0 radical (unpaired) electrons. The molecule has 2 heterocycles. The third kappa shape index (κ3) is 5.93. The van der Waals surface area contributed by atoms with Gasteiger partial charge in [0.2, 0.25) is 5.88 Å². The molecule has 0 saturated heterocycles. The Hall–Kier alpha value is -3.17. The van der Waals surface area contributed by atoms with Crippen LogP contribution in [0.25, 0.3) is 0 Å². The standard InChI is InChI=1S/C21H25F3N4O3/c1-25-20(27-11-14-4-5-19(26-10-14)31-13-21(22,23)24)28-7-6-15-8-17(29-2)18(30-3)9-16(15)12-28/h4-5,8-10H,6-7,11-13H2,1-3H3,(H,25,27). The highest BCUT2D eigenvalue weighted by atomic mass is 19.4. The summed E-state index contributed by atoms with van der Waals surface area (Å²) in [7, 11) is 4.94. The lowest BCUT2D eigenvalue weighted by Crippen LogP contribution is -2.43. The molecular weight excluding hydrogens is 413 g/mol. The van der Waals surface area contributed by atoms with Crippen LogP contribution in [0.15, 0.2) is 35.5 Å². The molecule has 0 unspecified atom stereocenters. The van der Waals surface area contributed by atoms with Crippen molar-refractivity contribution in [2.45, 2.75) is 25.7 Å². The molecule has 0 atom stereocenters. The number of rotatable bonds is 6. The van der Waals surface area contributed by atoms with Gasteiger partial charge in [-0.2, -0.15) is 13.2 Å². The molecule has 0 bridgehead atoms. The van der Waals surface area contributed by atoms with E-state index in [2.05, 4.69) is 24.9 Å². The maximum Gasteiger partial charge on any atom is 0.422 e. The number of hydrogen-bond acceptors (Lipinski definition) is 5. The lowest BCUT2D eigenvalue weighted by atomic mass is 9.99. The van der Waals surface area contributed by atoms with Gasteiger partial charge in [0.05, 0.1) is 14.2 Å². The number of aliphatic imine (C=N–C) groups is 1. The maximum atomic E-state index is 12.2. The average Bonchev–Trinajstić information content (AvgIpc) is 2.77. The number of fused-ring (bicyclic) bond motifs is 1. The van der Waals surface area contributed by atoms with Crippen LogP contribution in [-0.4, -0.2) is 56.4 Å². The van der Waals surface area contributed by atoms with Gasteiger partial charge in [-0.1, -0.05) is 6.07 Å². The summed E-state index contributed by atoms with van der Waals surface area (Å²) in [6, 6.07) is 7.08. The molecule has 1 aliphatic heterocycles. The number of benzene rings is 1. The van der Waals surface area contributed by atoms with Crippen molar-refractivity contribution in [3.63, 3.8) is 0 Å². The van der Waals surface area contributed by atoms with Crippen LogP contribution in [-0.2, 0) is 19.5 Å². The van der Waals surface area contributed by atoms with Gasteiger partial charge in [-0.15, -0.1) is 0 Å². The Morgan fingerprint density at radius 2 is 1.87 bits per heavy atom. The highest BCUT2D eigenvalue weighted by Crippen LogP contribution is 2.33. The molecular formula is C21H25F3N4O3. The number of ether oxygens (including phenoxy) is 3. The molecule has 0 amide bonds. The SMILES string of the molecule is CN=C(NCc1ccc(OCC(F)(F)F)nc1)N1CCc2cc(OC)c(OC)cc2C1. The number of aromatic nitrogens is 1. The topological polar surface area (TPSA) is 68.2 Å². The number of halogens is 3. The molecule has 3 rings (SSSR count). The van der Waals surface area contributed by atoms with Gasteiger partial charge in [0.15, 0.2) is 24.1 Å². The zero-order valence-electron chi connectivity index (χ0n) is 17.6. The Morgan fingerprint density at radius 3 is 2.45 bits per heavy atom. The summed E-state index contributed by atoms with van der Waals surface area (Å²) in [5.41, 5.74) is 3.15. The summed E-state index contributed by atoms with van der Waals surface area (Å²) in [5, 5.41) is 3.27. The van der Waals surface area contributed by atoms with Crippen LogP contribution >= 0.6 is 0 Å². The highest BCUT2D eigenvalue weighted by Gasteiger charge is 2.28. The molecule has 1 aromatic carbocycles. The van der Waals surface area contributed by atoms with E-state index in [4.69, 9.17) is 9.47 Å². The second-order valence-corrected chi connectivity index (χ2v) is 6.96. The van der Waals surface area contributed by atoms with Crippen LogP contribution in [0.5, 0.6) is 17.4 Å².